The maximum absolute atomic E-state index is 13.2. The molecular formula is C19H17FN2OS. The Morgan fingerprint density at radius 1 is 1.17 bits per heavy atom. The van der Waals surface area contributed by atoms with Crippen molar-refractivity contribution in [2.45, 2.75) is 18.9 Å². The number of thiophene rings is 1. The summed E-state index contributed by atoms with van der Waals surface area (Å²) in [6.45, 7) is 0. The van der Waals surface area contributed by atoms with E-state index < -0.39 is 0 Å². The van der Waals surface area contributed by atoms with E-state index in [1.807, 2.05) is 29.6 Å². The van der Waals surface area contributed by atoms with Crippen LogP contribution >= 0.6 is 11.3 Å². The molecule has 1 aromatic carbocycles. The third kappa shape index (κ3) is 4.26. The third-order valence-corrected chi connectivity index (χ3v) is 4.64. The minimum absolute atomic E-state index is 0.0402. The number of rotatable bonds is 6. The summed E-state index contributed by atoms with van der Waals surface area (Å²) in [5.74, 6) is -0.326. The third-order valence-electron chi connectivity index (χ3n) is 3.70. The Morgan fingerprint density at radius 3 is 2.67 bits per heavy atom. The first kappa shape index (κ1) is 16.3. The minimum Gasteiger partial charge on any atom is -0.344 e. The van der Waals surface area contributed by atoms with E-state index >= 15 is 0 Å². The lowest BCUT2D eigenvalue weighted by molar-refractivity contribution is -0.121. The van der Waals surface area contributed by atoms with Crippen LogP contribution in [0, 0.1) is 5.82 Å². The number of hydrogen-bond donors (Lipinski definition) is 1. The Bertz CT molecular complexity index is 773. The van der Waals surface area contributed by atoms with Gasteiger partial charge in [0, 0.05) is 23.7 Å². The van der Waals surface area contributed by atoms with Crippen LogP contribution in [-0.2, 0) is 11.2 Å². The van der Waals surface area contributed by atoms with Gasteiger partial charge in [-0.05, 0) is 47.2 Å². The molecule has 1 N–H and O–H groups in total. The average Bonchev–Trinajstić information content (AvgIpc) is 3.14. The number of benzene rings is 1. The van der Waals surface area contributed by atoms with Crippen molar-refractivity contribution >= 4 is 17.2 Å². The predicted molar refractivity (Wildman–Crippen MR) is 93.3 cm³/mol. The van der Waals surface area contributed by atoms with Gasteiger partial charge in [-0.25, -0.2) is 4.39 Å². The Labute approximate surface area is 144 Å². The van der Waals surface area contributed by atoms with Crippen LogP contribution in [0.25, 0.3) is 0 Å². The molecule has 0 aliphatic heterocycles. The average molecular weight is 340 g/mol. The summed E-state index contributed by atoms with van der Waals surface area (Å²) < 4.78 is 13.2. The van der Waals surface area contributed by atoms with E-state index in [2.05, 4.69) is 10.3 Å². The number of nitrogens with one attached hydrogen (secondary N) is 1. The first-order chi connectivity index (χ1) is 11.7. The normalized spacial score (nSPS) is 11.9. The summed E-state index contributed by atoms with van der Waals surface area (Å²) in [5.41, 5.74) is 1.90. The fourth-order valence-electron chi connectivity index (χ4n) is 2.47. The largest absolute Gasteiger partial charge is 0.344 e. The van der Waals surface area contributed by atoms with Crippen molar-refractivity contribution in [1.82, 2.24) is 10.3 Å². The monoisotopic (exact) mass is 340 g/mol. The Morgan fingerprint density at radius 2 is 2.00 bits per heavy atom. The van der Waals surface area contributed by atoms with E-state index in [4.69, 9.17) is 0 Å². The highest BCUT2D eigenvalue weighted by Crippen LogP contribution is 2.26. The van der Waals surface area contributed by atoms with Gasteiger partial charge in [0.15, 0.2) is 0 Å². The van der Waals surface area contributed by atoms with E-state index in [1.54, 1.807) is 35.9 Å². The maximum Gasteiger partial charge on any atom is 0.221 e. The summed E-state index contributed by atoms with van der Waals surface area (Å²) in [6, 6.07) is 13.7. The van der Waals surface area contributed by atoms with Crippen LogP contribution in [0.5, 0.6) is 0 Å². The van der Waals surface area contributed by atoms with Crippen LogP contribution in [0.1, 0.15) is 28.5 Å². The lowest BCUT2D eigenvalue weighted by atomic mass is 10.0. The lowest BCUT2D eigenvalue weighted by Crippen LogP contribution is -2.29. The summed E-state index contributed by atoms with van der Waals surface area (Å²) in [5, 5.41) is 5.02. The topological polar surface area (TPSA) is 42.0 Å². The molecule has 2 aromatic heterocycles. The number of nitrogens with zero attached hydrogens (tertiary/aromatic N) is 1. The minimum atomic E-state index is -0.286. The number of halogens is 1. The van der Waals surface area contributed by atoms with Gasteiger partial charge in [0.1, 0.15) is 5.82 Å². The summed E-state index contributed by atoms with van der Waals surface area (Å²) in [7, 11) is 0. The standard InChI is InChI=1S/C19H17FN2OS/c20-16-8-6-15(7-9-16)19(17-4-2-12-24-17)22-18(23)10-5-14-3-1-11-21-13-14/h1-4,6-9,11-13,19H,5,10H2,(H,22,23)/t19-/m0/s1. The molecule has 3 rings (SSSR count). The van der Waals surface area contributed by atoms with Gasteiger partial charge < -0.3 is 5.32 Å². The number of amides is 1. The number of aryl methyl sites for hydroxylation is 1. The zero-order valence-corrected chi connectivity index (χ0v) is 13.8. The van der Waals surface area contributed by atoms with E-state index in [9.17, 15) is 9.18 Å². The molecule has 0 aliphatic rings. The van der Waals surface area contributed by atoms with Crippen LogP contribution in [0.2, 0.25) is 0 Å². The van der Waals surface area contributed by atoms with E-state index in [1.165, 1.54) is 12.1 Å². The second-order valence-corrected chi connectivity index (χ2v) is 6.41. The van der Waals surface area contributed by atoms with Gasteiger partial charge in [-0.3, -0.25) is 9.78 Å². The summed E-state index contributed by atoms with van der Waals surface area (Å²) in [4.78, 5) is 17.4. The molecule has 3 nitrogen and oxygen atoms in total. The second-order valence-electron chi connectivity index (χ2n) is 5.43. The number of pyridine rings is 1. The van der Waals surface area contributed by atoms with Gasteiger partial charge >= 0.3 is 0 Å². The first-order valence-corrected chi connectivity index (χ1v) is 8.57. The fraction of sp³-hybridized carbons (Fsp3) is 0.158. The van der Waals surface area contributed by atoms with Crippen molar-refractivity contribution in [3.63, 3.8) is 0 Å². The second kappa shape index (κ2) is 7.84. The molecule has 1 atom stereocenters. The molecule has 1 amide bonds. The van der Waals surface area contributed by atoms with Gasteiger partial charge in [0.2, 0.25) is 5.91 Å². The molecule has 0 radical (unpaired) electrons. The van der Waals surface area contributed by atoms with E-state index in [0.29, 0.717) is 12.8 Å². The number of carbonyl (C=O) groups excluding carboxylic acids is 1. The molecule has 0 bridgehead atoms. The lowest BCUT2D eigenvalue weighted by Gasteiger charge is -2.18. The Kier molecular flexibility index (Phi) is 5.33. The van der Waals surface area contributed by atoms with E-state index in [0.717, 1.165) is 16.0 Å². The zero-order valence-electron chi connectivity index (χ0n) is 13.0. The highest BCUT2D eigenvalue weighted by Gasteiger charge is 2.17. The maximum atomic E-state index is 13.2. The number of aromatic nitrogens is 1. The van der Waals surface area contributed by atoms with Crippen LogP contribution in [-0.4, -0.2) is 10.9 Å². The van der Waals surface area contributed by atoms with Gasteiger partial charge in [-0.15, -0.1) is 11.3 Å². The molecule has 24 heavy (non-hydrogen) atoms. The zero-order chi connectivity index (χ0) is 16.8. The highest BCUT2D eigenvalue weighted by molar-refractivity contribution is 7.10. The molecule has 0 saturated heterocycles. The van der Waals surface area contributed by atoms with E-state index in [-0.39, 0.29) is 17.8 Å². The molecule has 3 aromatic rings. The molecule has 0 spiro atoms. The highest BCUT2D eigenvalue weighted by atomic mass is 32.1. The molecular weight excluding hydrogens is 323 g/mol. The van der Waals surface area contributed by atoms with Crippen molar-refractivity contribution in [2.24, 2.45) is 0 Å². The predicted octanol–water partition coefficient (Wildman–Crippen LogP) is 4.12. The van der Waals surface area contributed by atoms with Gasteiger partial charge in [0.05, 0.1) is 6.04 Å². The summed E-state index contributed by atoms with van der Waals surface area (Å²) >= 11 is 1.57. The van der Waals surface area contributed by atoms with Gasteiger partial charge in [-0.1, -0.05) is 24.3 Å². The van der Waals surface area contributed by atoms with Crippen molar-refractivity contribution in [3.05, 3.63) is 88.1 Å². The van der Waals surface area contributed by atoms with Crippen LogP contribution in [0.15, 0.2) is 66.3 Å². The fourth-order valence-corrected chi connectivity index (χ4v) is 3.27. The van der Waals surface area contributed by atoms with Crippen molar-refractivity contribution in [1.29, 1.82) is 0 Å². The van der Waals surface area contributed by atoms with Crippen molar-refractivity contribution in [2.75, 3.05) is 0 Å². The Balaban J connectivity index is 1.70. The molecule has 0 fully saturated rings. The van der Waals surface area contributed by atoms with Crippen LogP contribution in [0.4, 0.5) is 4.39 Å². The molecule has 0 aliphatic carbocycles. The Hall–Kier alpha value is -2.53. The molecule has 5 heteroatoms. The van der Waals surface area contributed by atoms with Crippen LogP contribution < -0.4 is 5.32 Å². The first-order valence-electron chi connectivity index (χ1n) is 7.69. The van der Waals surface area contributed by atoms with Gasteiger partial charge in [0.25, 0.3) is 0 Å². The van der Waals surface area contributed by atoms with Crippen LogP contribution in [0.3, 0.4) is 0 Å². The van der Waals surface area contributed by atoms with Crippen molar-refractivity contribution < 1.29 is 9.18 Å². The number of carbonyl (C=O) groups is 1. The molecule has 0 saturated carbocycles. The molecule has 2 heterocycles. The quantitative estimate of drug-likeness (QED) is 0.733. The SMILES string of the molecule is O=C(CCc1cccnc1)N[C@@H](c1ccc(F)cc1)c1cccs1. The summed E-state index contributed by atoms with van der Waals surface area (Å²) in [6.07, 6.45) is 4.50. The van der Waals surface area contributed by atoms with Crippen molar-refractivity contribution in [3.8, 4) is 0 Å². The number of hydrogen-bond acceptors (Lipinski definition) is 3. The van der Waals surface area contributed by atoms with Gasteiger partial charge in [-0.2, -0.15) is 0 Å². The molecule has 122 valence electrons. The molecule has 0 unspecified atom stereocenters. The smallest absolute Gasteiger partial charge is 0.221 e.